The Morgan fingerprint density at radius 2 is 2.30 bits per heavy atom. The molecule has 0 aliphatic carbocycles. The van der Waals surface area contributed by atoms with Crippen LogP contribution >= 0.6 is 11.3 Å². The Morgan fingerprint density at radius 1 is 1.50 bits per heavy atom. The topological polar surface area (TPSA) is 40.5 Å². The highest BCUT2D eigenvalue weighted by molar-refractivity contribution is 7.10. The van der Waals surface area contributed by atoms with E-state index in [0.29, 0.717) is 18.3 Å². The molecule has 20 heavy (non-hydrogen) atoms. The van der Waals surface area contributed by atoms with Crippen LogP contribution in [0.15, 0.2) is 11.4 Å². The number of rotatable bonds is 2. The molecule has 108 valence electrons. The average Bonchev–Trinajstić information content (AvgIpc) is 2.90. The monoisotopic (exact) mass is 291 g/mol. The fourth-order valence-electron chi connectivity index (χ4n) is 2.35. The number of hydrogen-bond donors (Lipinski definition) is 1. The van der Waals surface area contributed by atoms with Crippen LogP contribution in [0.1, 0.15) is 41.9 Å². The first kappa shape index (κ1) is 15.1. The van der Waals surface area contributed by atoms with Crippen molar-refractivity contribution in [1.29, 1.82) is 0 Å². The first-order valence-corrected chi connectivity index (χ1v) is 7.97. The van der Waals surface area contributed by atoms with Crippen molar-refractivity contribution < 1.29 is 9.90 Å². The highest BCUT2D eigenvalue weighted by atomic mass is 32.1. The molecule has 2 unspecified atom stereocenters. The van der Waals surface area contributed by atoms with E-state index in [1.165, 1.54) is 11.3 Å². The van der Waals surface area contributed by atoms with Gasteiger partial charge in [-0.05, 0) is 24.3 Å². The van der Waals surface area contributed by atoms with Gasteiger partial charge in [-0.2, -0.15) is 0 Å². The van der Waals surface area contributed by atoms with Gasteiger partial charge < -0.3 is 10.0 Å². The Labute approximate surface area is 124 Å². The molecule has 0 spiro atoms. The number of piperidine rings is 1. The fraction of sp³-hybridized carbons (Fsp3) is 0.562. The number of thiophene rings is 1. The van der Waals surface area contributed by atoms with E-state index in [4.69, 9.17) is 5.11 Å². The summed E-state index contributed by atoms with van der Waals surface area (Å²) in [6.45, 7) is 6.25. The summed E-state index contributed by atoms with van der Waals surface area (Å²) in [6, 6.07) is 1.86. The fourth-order valence-corrected chi connectivity index (χ4v) is 3.10. The molecule has 4 heteroatoms. The summed E-state index contributed by atoms with van der Waals surface area (Å²) in [5, 5.41) is 10.6. The van der Waals surface area contributed by atoms with Gasteiger partial charge in [0.15, 0.2) is 0 Å². The third-order valence-corrected chi connectivity index (χ3v) is 4.76. The lowest BCUT2D eigenvalue weighted by molar-refractivity contribution is 0.0628. The van der Waals surface area contributed by atoms with Gasteiger partial charge in [-0.1, -0.05) is 25.7 Å². The predicted octanol–water partition coefficient (Wildman–Crippen LogP) is 2.60. The van der Waals surface area contributed by atoms with Crippen molar-refractivity contribution in [2.75, 3.05) is 19.7 Å². The summed E-state index contributed by atoms with van der Waals surface area (Å²) < 4.78 is 0. The van der Waals surface area contributed by atoms with Gasteiger partial charge in [0, 0.05) is 24.9 Å². The number of nitrogens with zero attached hydrogens (tertiary/aromatic N) is 1. The molecule has 3 nitrogen and oxygen atoms in total. The van der Waals surface area contributed by atoms with Gasteiger partial charge in [-0.15, -0.1) is 11.3 Å². The number of aliphatic hydroxyl groups excluding tert-OH is 1. The van der Waals surface area contributed by atoms with Crippen LogP contribution in [0.5, 0.6) is 0 Å². The summed E-state index contributed by atoms with van der Waals surface area (Å²) in [7, 11) is 0. The Morgan fingerprint density at radius 3 is 3.00 bits per heavy atom. The quantitative estimate of drug-likeness (QED) is 0.851. The largest absolute Gasteiger partial charge is 0.395 e. The molecule has 2 rings (SSSR count). The maximum absolute atomic E-state index is 12.4. The van der Waals surface area contributed by atoms with Crippen LogP contribution in [0.3, 0.4) is 0 Å². The van der Waals surface area contributed by atoms with Gasteiger partial charge in [-0.3, -0.25) is 4.79 Å². The Bertz CT molecular complexity index is 526. The molecular formula is C16H21NO2S. The molecular weight excluding hydrogens is 270 g/mol. The van der Waals surface area contributed by atoms with Gasteiger partial charge in [0.05, 0.1) is 17.0 Å². The molecule has 1 amide bonds. The molecule has 1 N–H and O–H groups in total. The van der Waals surface area contributed by atoms with Crippen LogP contribution in [0.25, 0.3) is 0 Å². The second kappa shape index (κ2) is 6.92. The Kier molecular flexibility index (Phi) is 5.22. The second-order valence-electron chi connectivity index (χ2n) is 5.47. The lowest BCUT2D eigenvalue weighted by atomic mass is 9.88. The number of amides is 1. The van der Waals surface area contributed by atoms with Crippen LogP contribution in [-0.2, 0) is 0 Å². The van der Waals surface area contributed by atoms with Gasteiger partial charge >= 0.3 is 0 Å². The van der Waals surface area contributed by atoms with Crippen molar-refractivity contribution in [1.82, 2.24) is 4.90 Å². The molecule has 0 radical (unpaired) electrons. The van der Waals surface area contributed by atoms with E-state index in [9.17, 15) is 4.79 Å². The van der Waals surface area contributed by atoms with Crippen LogP contribution in [0, 0.1) is 23.7 Å². The van der Waals surface area contributed by atoms with Crippen molar-refractivity contribution in [3.8, 4) is 11.8 Å². The third kappa shape index (κ3) is 3.62. The molecule has 1 saturated heterocycles. The van der Waals surface area contributed by atoms with Crippen LogP contribution in [0.4, 0.5) is 0 Å². The zero-order valence-corrected chi connectivity index (χ0v) is 12.9. The minimum Gasteiger partial charge on any atom is -0.395 e. The number of likely N-dealkylation sites (tertiary alicyclic amines) is 1. The van der Waals surface area contributed by atoms with E-state index >= 15 is 0 Å². The molecule has 1 aliphatic rings. The highest BCUT2D eigenvalue weighted by Gasteiger charge is 2.26. The minimum atomic E-state index is 0.0774. The minimum absolute atomic E-state index is 0.0774. The summed E-state index contributed by atoms with van der Waals surface area (Å²) in [4.78, 5) is 15.3. The van der Waals surface area contributed by atoms with Crippen LogP contribution in [0.2, 0.25) is 0 Å². The summed E-state index contributed by atoms with van der Waals surface area (Å²) in [5.74, 6) is 7.24. The summed E-state index contributed by atoms with van der Waals surface area (Å²) in [6.07, 6.45) is 1.56. The molecule has 1 aromatic rings. The van der Waals surface area contributed by atoms with E-state index < -0.39 is 0 Å². The first-order chi connectivity index (χ1) is 9.61. The standard InChI is InChI=1S/C16H21NO2S/c1-12-6-7-17(10-13(12)2)16(19)14-9-15(20-11-14)5-3-4-8-18/h9,11-13,18H,4,6-8,10H2,1-2H3. The van der Waals surface area contributed by atoms with E-state index in [1.54, 1.807) is 0 Å². The molecule has 0 saturated carbocycles. The van der Waals surface area contributed by atoms with Gasteiger partial charge in [0.2, 0.25) is 0 Å². The number of hydrogen-bond acceptors (Lipinski definition) is 3. The summed E-state index contributed by atoms with van der Waals surface area (Å²) >= 11 is 1.49. The van der Waals surface area contributed by atoms with Gasteiger partial charge in [0.25, 0.3) is 5.91 Å². The van der Waals surface area contributed by atoms with Gasteiger partial charge in [-0.25, -0.2) is 0 Å². The van der Waals surface area contributed by atoms with E-state index in [-0.39, 0.29) is 12.5 Å². The Hall–Kier alpha value is -1.31. The molecule has 1 aliphatic heterocycles. The maximum atomic E-state index is 12.4. The lowest BCUT2D eigenvalue weighted by Gasteiger charge is -2.35. The first-order valence-electron chi connectivity index (χ1n) is 7.09. The van der Waals surface area contributed by atoms with Crippen molar-refractivity contribution in [2.24, 2.45) is 11.8 Å². The zero-order chi connectivity index (χ0) is 14.5. The summed E-state index contributed by atoms with van der Waals surface area (Å²) in [5.41, 5.74) is 0.741. The van der Waals surface area contributed by atoms with Gasteiger partial charge in [0.1, 0.15) is 0 Å². The lowest BCUT2D eigenvalue weighted by Crippen LogP contribution is -2.42. The van der Waals surface area contributed by atoms with Crippen molar-refractivity contribution >= 4 is 17.2 Å². The van der Waals surface area contributed by atoms with E-state index in [1.807, 2.05) is 16.3 Å². The third-order valence-electron chi connectivity index (χ3n) is 3.92. The van der Waals surface area contributed by atoms with Crippen molar-refractivity contribution in [2.45, 2.75) is 26.7 Å². The van der Waals surface area contributed by atoms with Crippen molar-refractivity contribution in [3.05, 3.63) is 21.9 Å². The maximum Gasteiger partial charge on any atom is 0.254 e. The van der Waals surface area contributed by atoms with E-state index in [2.05, 4.69) is 25.7 Å². The molecule has 2 atom stereocenters. The Balaban J connectivity index is 2.01. The second-order valence-corrected chi connectivity index (χ2v) is 6.38. The van der Waals surface area contributed by atoms with Crippen molar-refractivity contribution in [3.63, 3.8) is 0 Å². The average molecular weight is 291 g/mol. The number of aliphatic hydroxyl groups is 1. The molecule has 2 heterocycles. The smallest absolute Gasteiger partial charge is 0.254 e. The molecule has 0 aromatic carbocycles. The van der Waals surface area contributed by atoms with Crippen LogP contribution < -0.4 is 0 Å². The number of carbonyl (C=O) groups excluding carboxylic acids is 1. The highest BCUT2D eigenvalue weighted by Crippen LogP contribution is 2.24. The van der Waals surface area contributed by atoms with Crippen LogP contribution in [-0.4, -0.2) is 35.6 Å². The van der Waals surface area contributed by atoms with E-state index in [0.717, 1.165) is 30.0 Å². The molecule has 0 bridgehead atoms. The SMILES string of the molecule is CC1CCN(C(=O)c2csc(C#CCCO)c2)CC1C. The number of carbonyl (C=O) groups is 1. The zero-order valence-electron chi connectivity index (χ0n) is 12.1. The predicted molar refractivity (Wildman–Crippen MR) is 81.7 cm³/mol. The normalized spacial score (nSPS) is 22.2. The molecule has 1 fully saturated rings. The molecule has 1 aromatic heterocycles.